The Morgan fingerprint density at radius 3 is 2.65 bits per heavy atom. The van der Waals surface area contributed by atoms with Crippen molar-refractivity contribution in [2.45, 2.75) is 20.3 Å². The number of hydrogen-bond acceptors (Lipinski definition) is 3. The number of carbonyl (C=O) groups is 1. The predicted octanol–water partition coefficient (Wildman–Crippen LogP) is 2.87. The molecule has 0 aliphatic heterocycles. The minimum Gasteiger partial charge on any atom is -0.490 e. The Hall–Kier alpha value is -1.97. The Bertz CT molecular complexity index is 424. The summed E-state index contributed by atoms with van der Waals surface area (Å²) in [5, 5.41) is 9.09. The molecule has 1 rings (SSSR count). The maximum absolute atomic E-state index is 11.1. The van der Waals surface area contributed by atoms with Gasteiger partial charge in [-0.25, -0.2) is 4.79 Å². The van der Waals surface area contributed by atoms with Crippen LogP contribution >= 0.6 is 0 Å². The molecule has 0 unspecified atom stereocenters. The van der Waals surface area contributed by atoms with Gasteiger partial charge in [0.05, 0.1) is 18.4 Å². The van der Waals surface area contributed by atoms with Crippen LogP contribution in [0.2, 0.25) is 0 Å². The van der Waals surface area contributed by atoms with Gasteiger partial charge in [0, 0.05) is 5.56 Å². The highest BCUT2D eigenvalue weighted by Gasteiger charge is 2.18. The summed E-state index contributed by atoms with van der Waals surface area (Å²) in [6.07, 6.45) is 1.85. The van der Waals surface area contributed by atoms with Crippen LogP contribution in [0.15, 0.2) is 25.0 Å². The molecule has 17 heavy (non-hydrogen) atoms. The SMILES string of the molecule is C=COc1ccc(C(=O)O)c(CC)c1OCC. The molecule has 0 radical (unpaired) electrons. The van der Waals surface area contributed by atoms with Gasteiger partial charge in [0.25, 0.3) is 0 Å². The van der Waals surface area contributed by atoms with Crippen LogP contribution in [-0.4, -0.2) is 17.7 Å². The summed E-state index contributed by atoms with van der Waals surface area (Å²) in [7, 11) is 0. The van der Waals surface area contributed by atoms with Gasteiger partial charge >= 0.3 is 5.97 Å². The van der Waals surface area contributed by atoms with Crippen molar-refractivity contribution in [3.63, 3.8) is 0 Å². The van der Waals surface area contributed by atoms with E-state index in [-0.39, 0.29) is 5.56 Å². The third-order valence-electron chi connectivity index (χ3n) is 2.31. The van der Waals surface area contributed by atoms with Gasteiger partial charge in [0.15, 0.2) is 11.5 Å². The highest BCUT2D eigenvalue weighted by Crippen LogP contribution is 2.34. The van der Waals surface area contributed by atoms with Crippen molar-refractivity contribution in [1.29, 1.82) is 0 Å². The zero-order chi connectivity index (χ0) is 12.8. The van der Waals surface area contributed by atoms with E-state index in [9.17, 15) is 4.79 Å². The van der Waals surface area contributed by atoms with Gasteiger partial charge in [-0.1, -0.05) is 13.5 Å². The molecule has 0 aromatic heterocycles. The Morgan fingerprint density at radius 1 is 1.47 bits per heavy atom. The Labute approximate surface area is 100 Å². The number of aromatic carboxylic acids is 1. The lowest BCUT2D eigenvalue weighted by Gasteiger charge is -2.15. The molecule has 1 aromatic rings. The monoisotopic (exact) mass is 236 g/mol. The summed E-state index contributed by atoms with van der Waals surface area (Å²) in [5.41, 5.74) is 0.881. The minimum atomic E-state index is -0.965. The second kappa shape index (κ2) is 5.94. The van der Waals surface area contributed by atoms with Crippen LogP contribution in [0.25, 0.3) is 0 Å². The molecule has 92 valence electrons. The molecule has 0 aliphatic rings. The third-order valence-corrected chi connectivity index (χ3v) is 2.31. The summed E-state index contributed by atoms with van der Waals surface area (Å²) in [6.45, 7) is 7.64. The first kappa shape index (κ1) is 13.1. The fraction of sp³-hybridized carbons (Fsp3) is 0.308. The molecule has 0 bridgehead atoms. The highest BCUT2D eigenvalue weighted by molar-refractivity contribution is 5.90. The predicted molar refractivity (Wildman–Crippen MR) is 64.8 cm³/mol. The summed E-state index contributed by atoms with van der Waals surface area (Å²) in [4.78, 5) is 11.1. The van der Waals surface area contributed by atoms with Crippen molar-refractivity contribution in [2.75, 3.05) is 6.61 Å². The van der Waals surface area contributed by atoms with E-state index < -0.39 is 5.97 Å². The molecular formula is C13H16O4. The number of ether oxygens (including phenoxy) is 2. The molecule has 1 aromatic carbocycles. The summed E-state index contributed by atoms with van der Waals surface area (Å²) in [5.74, 6) is 0.00598. The minimum absolute atomic E-state index is 0.243. The van der Waals surface area contributed by atoms with E-state index in [1.165, 1.54) is 12.3 Å². The lowest BCUT2D eigenvalue weighted by Crippen LogP contribution is -2.06. The lowest BCUT2D eigenvalue weighted by atomic mass is 10.0. The van der Waals surface area contributed by atoms with Crippen LogP contribution in [0.4, 0.5) is 0 Å². The maximum Gasteiger partial charge on any atom is 0.336 e. The fourth-order valence-electron chi connectivity index (χ4n) is 1.64. The second-order valence-corrected chi connectivity index (χ2v) is 3.30. The van der Waals surface area contributed by atoms with Gasteiger partial charge < -0.3 is 14.6 Å². The van der Waals surface area contributed by atoms with E-state index in [4.69, 9.17) is 14.6 Å². The molecular weight excluding hydrogens is 220 g/mol. The van der Waals surface area contributed by atoms with Crippen molar-refractivity contribution in [3.05, 3.63) is 36.1 Å². The topological polar surface area (TPSA) is 55.8 Å². The lowest BCUT2D eigenvalue weighted by molar-refractivity contribution is 0.0695. The standard InChI is InChI=1S/C13H16O4/c1-4-9-10(13(14)15)7-8-11(16-5-2)12(9)17-6-3/h5,7-8H,2,4,6H2,1,3H3,(H,14,15). The first-order valence-electron chi connectivity index (χ1n) is 5.45. The van der Waals surface area contributed by atoms with Crippen LogP contribution in [0.3, 0.4) is 0 Å². The molecule has 0 fully saturated rings. The van der Waals surface area contributed by atoms with E-state index in [2.05, 4.69) is 6.58 Å². The third kappa shape index (κ3) is 2.78. The molecule has 0 spiro atoms. The Balaban J connectivity index is 3.37. The Morgan fingerprint density at radius 2 is 2.18 bits per heavy atom. The van der Waals surface area contributed by atoms with Gasteiger partial charge in [-0.2, -0.15) is 0 Å². The van der Waals surface area contributed by atoms with Crippen LogP contribution < -0.4 is 9.47 Å². The van der Waals surface area contributed by atoms with Crippen molar-refractivity contribution >= 4 is 5.97 Å². The molecule has 1 N–H and O–H groups in total. The van der Waals surface area contributed by atoms with Gasteiger partial charge in [-0.3, -0.25) is 0 Å². The van der Waals surface area contributed by atoms with E-state index in [0.717, 1.165) is 0 Å². The zero-order valence-corrected chi connectivity index (χ0v) is 10.0. The summed E-state index contributed by atoms with van der Waals surface area (Å²) in [6, 6.07) is 3.10. The summed E-state index contributed by atoms with van der Waals surface area (Å²) < 4.78 is 10.7. The molecule has 0 heterocycles. The normalized spacial score (nSPS) is 9.76. The average molecular weight is 236 g/mol. The van der Waals surface area contributed by atoms with Gasteiger partial charge in [-0.15, -0.1) is 0 Å². The Kier molecular flexibility index (Phi) is 4.57. The molecule has 0 saturated heterocycles. The molecule has 0 saturated carbocycles. The molecule has 4 heteroatoms. The maximum atomic E-state index is 11.1. The molecule has 4 nitrogen and oxygen atoms in total. The van der Waals surface area contributed by atoms with Crippen LogP contribution in [0.5, 0.6) is 11.5 Å². The molecule has 0 amide bonds. The van der Waals surface area contributed by atoms with Crippen molar-refractivity contribution in [1.82, 2.24) is 0 Å². The van der Waals surface area contributed by atoms with E-state index >= 15 is 0 Å². The smallest absolute Gasteiger partial charge is 0.336 e. The average Bonchev–Trinajstić information content (AvgIpc) is 2.31. The molecule has 0 atom stereocenters. The van der Waals surface area contributed by atoms with Gasteiger partial charge in [0.2, 0.25) is 0 Å². The number of hydrogen-bond donors (Lipinski definition) is 1. The van der Waals surface area contributed by atoms with Gasteiger partial charge in [-0.05, 0) is 25.5 Å². The highest BCUT2D eigenvalue weighted by atomic mass is 16.5. The fourth-order valence-corrected chi connectivity index (χ4v) is 1.64. The van der Waals surface area contributed by atoms with Crippen LogP contribution in [-0.2, 0) is 6.42 Å². The van der Waals surface area contributed by atoms with E-state index in [0.29, 0.717) is 30.1 Å². The quantitative estimate of drug-likeness (QED) is 0.771. The largest absolute Gasteiger partial charge is 0.490 e. The number of rotatable bonds is 6. The zero-order valence-electron chi connectivity index (χ0n) is 10.0. The summed E-state index contributed by atoms with van der Waals surface area (Å²) >= 11 is 0. The molecule has 0 aliphatic carbocycles. The number of carboxylic acid groups (broad SMARTS) is 1. The second-order valence-electron chi connectivity index (χ2n) is 3.30. The van der Waals surface area contributed by atoms with E-state index in [1.807, 2.05) is 13.8 Å². The van der Waals surface area contributed by atoms with Crippen LogP contribution in [0.1, 0.15) is 29.8 Å². The van der Waals surface area contributed by atoms with Crippen LogP contribution in [0, 0.1) is 0 Å². The first-order chi connectivity index (χ1) is 8.15. The number of carboxylic acids is 1. The van der Waals surface area contributed by atoms with Crippen molar-refractivity contribution in [3.8, 4) is 11.5 Å². The van der Waals surface area contributed by atoms with Crippen molar-refractivity contribution < 1.29 is 19.4 Å². The van der Waals surface area contributed by atoms with Gasteiger partial charge in [0.1, 0.15) is 0 Å². The van der Waals surface area contributed by atoms with E-state index in [1.54, 1.807) is 6.07 Å². The van der Waals surface area contributed by atoms with Crippen molar-refractivity contribution in [2.24, 2.45) is 0 Å². The number of benzene rings is 1. The first-order valence-corrected chi connectivity index (χ1v) is 5.45.